The van der Waals surface area contributed by atoms with Crippen LogP contribution in [0.5, 0.6) is 0 Å². The number of aliphatic hydroxyl groups is 1. The number of H-pyrrole nitrogens is 1. The third kappa shape index (κ3) is 2.51. The van der Waals surface area contributed by atoms with Crippen LogP contribution in [-0.4, -0.2) is 46.7 Å². The normalized spacial score (nSPS) is 19.9. The van der Waals surface area contributed by atoms with Crippen LogP contribution < -0.4 is 0 Å². The molecule has 0 spiro atoms. The summed E-state index contributed by atoms with van der Waals surface area (Å²) in [5, 5.41) is 9.78. The molecule has 1 atom stereocenters. The zero-order valence-corrected chi connectivity index (χ0v) is 11.3. The van der Waals surface area contributed by atoms with E-state index in [-0.39, 0.29) is 12.5 Å². The Morgan fingerprint density at radius 3 is 2.95 bits per heavy atom. The van der Waals surface area contributed by atoms with Gasteiger partial charge in [-0.3, -0.25) is 0 Å². The first-order valence-electron chi connectivity index (χ1n) is 7.00. The van der Waals surface area contributed by atoms with E-state index >= 15 is 0 Å². The van der Waals surface area contributed by atoms with Crippen LogP contribution in [0.3, 0.4) is 0 Å². The minimum atomic E-state index is 0.230. The summed E-state index contributed by atoms with van der Waals surface area (Å²) in [5.41, 5.74) is 3.28. The van der Waals surface area contributed by atoms with E-state index in [0.717, 1.165) is 24.1 Å². The van der Waals surface area contributed by atoms with E-state index in [1.165, 1.54) is 18.4 Å². The SMILES string of the molecule is CN1CCC(C(CO)c2ccc3nc[nH]c3c2)CC1. The Morgan fingerprint density at radius 2 is 2.21 bits per heavy atom. The van der Waals surface area contributed by atoms with Gasteiger partial charge < -0.3 is 15.0 Å². The second-order valence-corrected chi connectivity index (χ2v) is 5.61. The summed E-state index contributed by atoms with van der Waals surface area (Å²) in [5.74, 6) is 0.836. The van der Waals surface area contributed by atoms with E-state index in [2.05, 4.69) is 34.0 Å². The van der Waals surface area contributed by atoms with Gasteiger partial charge in [-0.05, 0) is 56.6 Å². The fourth-order valence-corrected chi connectivity index (χ4v) is 3.14. The van der Waals surface area contributed by atoms with Gasteiger partial charge in [0.15, 0.2) is 0 Å². The van der Waals surface area contributed by atoms with Gasteiger partial charge in [-0.25, -0.2) is 4.98 Å². The van der Waals surface area contributed by atoms with E-state index in [1.807, 2.05) is 6.07 Å². The maximum absolute atomic E-state index is 9.78. The molecule has 0 aliphatic carbocycles. The minimum absolute atomic E-state index is 0.230. The lowest BCUT2D eigenvalue weighted by Gasteiger charge is -2.33. The van der Waals surface area contributed by atoms with Gasteiger partial charge in [-0.1, -0.05) is 6.07 Å². The quantitative estimate of drug-likeness (QED) is 0.886. The molecule has 102 valence electrons. The Morgan fingerprint density at radius 1 is 1.42 bits per heavy atom. The highest BCUT2D eigenvalue weighted by Crippen LogP contribution is 2.33. The zero-order valence-electron chi connectivity index (χ0n) is 11.3. The van der Waals surface area contributed by atoms with Gasteiger partial charge in [0.2, 0.25) is 0 Å². The maximum Gasteiger partial charge on any atom is 0.0931 e. The van der Waals surface area contributed by atoms with Crippen LogP contribution in [0.1, 0.15) is 24.3 Å². The highest BCUT2D eigenvalue weighted by molar-refractivity contribution is 5.75. The second kappa shape index (κ2) is 5.31. The molecular weight excluding hydrogens is 238 g/mol. The lowest BCUT2D eigenvalue weighted by Crippen LogP contribution is -2.33. The first-order chi connectivity index (χ1) is 9.28. The fraction of sp³-hybridized carbons (Fsp3) is 0.533. The van der Waals surface area contributed by atoms with Crippen molar-refractivity contribution in [3.05, 3.63) is 30.1 Å². The van der Waals surface area contributed by atoms with Crippen molar-refractivity contribution in [2.45, 2.75) is 18.8 Å². The van der Waals surface area contributed by atoms with Crippen molar-refractivity contribution in [1.82, 2.24) is 14.9 Å². The van der Waals surface area contributed by atoms with E-state index < -0.39 is 0 Å². The fourth-order valence-electron chi connectivity index (χ4n) is 3.14. The van der Waals surface area contributed by atoms with Crippen molar-refractivity contribution in [2.24, 2.45) is 5.92 Å². The number of nitrogens with one attached hydrogen (secondary N) is 1. The van der Waals surface area contributed by atoms with Crippen LogP contribution in [-0.2, 0) is 0 Å². The number of aromatic amines is 1. The molecule has 0 saturated carbocycles. The van der Waals surface area contributed by atoms with Gasteiger partial charge in [-0.2, -0.15) is 0 Å². The second-order valence-electron chi connectivity index (χ2n) is 5.61. The van der Waals surface area contributed by atoms with Crippen LogP contribution in [0.4, 0.5) is 0 Å². The number of aromatic nitrogens is 2. The first kappa shape index (κ1) is 12.6. The number of hydrogen-bond acceptors (Lipinski definition) is 3. The van der Waals surface area contributed by atoms with Crippen molar-refractivity contribution in [2.75, 3.05) is 26.7 Å². The molecule has 2 heterocycles. The molecule has 4 heteroatoms. The summed E-state index contributed by atoms with van der Waals surface area (Å²) in [6.45, 7) is 2.50. The van der Waals surface area contributed by atoms with Gasteiger partial charge in [0.05, 0.1) is 24.0 Å². The molecule has 0 amide bonds. The van der Waals surface area contributed by atoms with E-state index in [1.54, 1.807) is 6.33 Å². The third-order valence-electron chi connectivity index (χ3n) is 4.40. The monoisotopic (exact) mass is 259 g/mol. The molecule has 1 aromatic carbocycles. The average molecular weight is 259 g/mol. The van der Waals surface area contributed by atoms with Crippen LogP contribution >= 0.6 is 0 Å². The average Bonchev–Trinajstić information content (AvgIpc) is 2.89. The molecule has 2 aromatic rings. The van der Waals surface area contributed by atoms with Crippen molar-refractivity contribution >= 4 is 11.0 Å². The molecule has 4 nitrogen and oxygen atoms in total. The summed E-state index contributed by atoms with van der Waals surface area (Å²) in [4.78, 5) is 9.75. The number of aliphatic hydroxyl groups excluding tert-OH is 1. The predicted octanol–water partition coefficient (Wildman–Crippen LogP) is 1.98. The molecule has 19 heavy (non-hydrogen) atoms. The topological polar surface area (TPSA) is 52.1 Å². The molecule has 3 rings (SSSR count). The highest BCUT2D eigenvalue weighted by Gasteiger charge is 2.26. The summed E-state index contributed by atoms with van der Waals surface area (Å²) in [6.07, 6.45) is 4.06. The number of likely N-dealkylation sites (tertiary alicyclic amines) is 1. The van der Waals surface area contributed by atoms with Crippen LogP contribution in [0.2, 0.25) is 0 Å². The van der Waals surface area contributed by atoms with Gasteiger partial charge in [0.1, 0.15) is 0 Å². The molecular formula is C15H21N3O. The number of rotatable bonds is 3. The molecule has 0 radical (unpaired) electrons. The highest BCUT2D eigenvalue weighted by atomic mass is 16.3. The summed E-state index contributed by atoms with van der Waals surface area (Å²) in [7, 11) is 2.17. The largest absolute Gasteiger partial charge is 0.396 e. The first-order valence-corrected chi connectivity index (χ1v) is 7.00. The van der Waals surface area contributed by atoms with Gasteiger partial charge in [0.25, 0.3) is 0 Å². The number of piperidine rings is 1. The number of fused-ring (bicyclic) bond motifs is 1. The predicted molar refractivity (Wildman–Crippen MR) is 76.1 cm³/mol. The smallest absolute Gasteiger partial charge is 0.0931 e. The van der Waals surface area contributed by atoms with Crippen LogP contribution in [0, 0.1) is 5.92 Å². The summed E-state index contributed by atoms with van der Waals surface area (Å²) >= 11 is 0. The van der Waals surface area contributed by atoms with Crippen molar-refractivity contribution < 1.29 is 5.11 Å². The van der Waals surface area contributed by atoms with Gasteiger partial charge in [0, 0.05) is 5.92 Å². The van der Waals surface area contributed by atoms with Gasteiger partial charge >= 0.3 is 0 Å². The molecule has 1 unspecified atom stereocenters. The van der Waals surface area contributed by atoms with E-state index in [4.69, 9.17) is 0 Å². The Bertz CT molecular complexity index is 543. The molecule has 1 aromatic heterocycles. The number of hydrogen-bond donors (Lipinski definition) is 2. The molecule has 1 aliphatic heterocycles. The Labute approximate surface area is 113 Å². The summed E-state index contributed by atoms with van der Waals surface area (Å²) in [6, 6.07) is 6.29. The molecule has 1 fully saturated rings. The number of benzene rings is 1. The lowest BCUT2D eigenvalue weighted by atomic mass is 9.80. The van der Waals surface area contributed by atoms with E-state index in [9.17, 15) is 5.11 Å². The zero-order chi connectivity index (χ0) is 13.2. The maximum atomic E-state index is 9.78. The molecule has 1 aliphatic rings. The van der Waals surface area contributed by atoms with Crippen molar-refractivity contribution in [3.63, 3.8) is 0 Å². The van der Waals surface area contributed by atoms with E-state index in [0.29, 0.717) is 5.92 Å². The Balaban J connectivity index is 1.84. The molecule has 1 saturated heterocycles. The molecule has 0 bridgehead atoms. The third-order valence-corrected chi connectivity index (χ3v) is 4.40. The summed E-state index contributed by atoms with van der Waals surface area (Å²) < 4.78 is 0. The minimum Gasteiger partial charge on any atom is -0.396 e. The number of nitrogens with zero attached hydrogens (tertiary/aromatic N) is 2. The standard InChI is InChI=1S/C15H21N3O/c1-18-6-4-11(5-7-18)13(9-19)12-2-3-14-15(8-12)17-10-16-14/h2-3,8,10-11,13,19H,4-7,9H2,1H3,(H,16,17). The Kier molecular flexibility index (Phi) is 3.53. The van der Waals surface area contributed by atoms with Gasteiger partial charge in [-0.15, -0.1) is 0 Å². The Hall–Kier alpha value is -1.39. The van der Waals surface area contributed by atoms with Crippen LogP contribution in [0.15, 0.2) is 24.5 Å². The number of imidazole rings is 1. The van der Waals surface area contributed by atoms with Crippen molar-refractivity contribution in [3.8, 4) is 0 Å². The lowest BCUT2D eigenvalue weighted by molar-refractivity contribution is 0.156. The molecule has 2 N–H and O–H groups in total. The van der Waals surface area contributed by atoms with Crippen molar-refractivity contribution in [1.29, 1.82) is 0 Å². The van der Waals surface area contributed by atoms with Crippen LogP contribution in [0.25, 0.3) is 11.0 Å².